The maximum atomic E-state index is 14.4. The number of carbonyl (C=O) groups is 2. The number of nitrogens with one attached hydrogen (secondary N) is 1. The van der Waals surface area contributed by atoms with Crippen molar-refractivity contribution in [3.63, 3.8) is 0 Å². The van der Waals surface area contributed by atoms with E-state index in [9.17, 15) is 9.59 Å². The summed E-state index contributed by atoms with van der Waals surface area (Å²) in [6.07, 6.45) is 0. The second-order valence-corrected chi connectivity index (χ2v) is 9.39. The van der Waals surface area contributed by atoms with Crippen LogP contribution in [0.5, 0.6) is 0 Å². The summed E-state index contributed by atoms with van der Waals surface area (Å²) >= 11 is 0. The topological polar surface area (TPSA) is 58.6 Å². The van der Waals surface area contributed by atoms with E-state index in [1.54, 1.807) is 11.8 Å². The van der Waals surface area contributed by atoms with Gasteiger partial charge in [-0.1, -0.05) is 96.1 Å². The van der Waals surface area contributed by atoms with Gasteiger partial charge in [0.15, 0.2) is 0 Å². The van der Waals surface area contributed by atoms with Crippen molar-refractivity contribution in [2.24, 2.45) is 0 Å². The van der Waals surface area contributed by atoms with Crippen LogP contribution in [-0.4, -0.2) is 18.5 Å². The number of esters is 1. The Morgan fingerprint density at radius 1 is 0.769 bits per heavy atom. The second-order valence-electron chi connectivity index (χ2n) is 9.39. The summed E-state index contributed by atoms with van der Waals surface area (Å²) in [7, 11) is 0. The van der Waals surface area contributed by atoms with E-state index in [0.29, 0.717) is 33.8 Å². The van der Waals surface area contributed by atoms with Crippen LogP contribution in [-0.2, 0) is 14.3 Å². The van der Waals surface area contributed by atoms with Crippen molar-refractivity contribution in [2.45, 2.75) is 20.8 Å². The number of rotatable bonds is 7. The van der Waals surface area contributed by atoms with Gasteiger partial charge in [0.1, 0.15) is 0 Å². The molecule has 5 heteroatoms. The third-order valence-electron chi connectivity index (χ3n) is 6.58. The molecule has 1 amide bonds. The molecule has 0 spiro atoms. The molecule has 5 rings (SSSR count). The van der Waals surface area contributed by atoms with Gasteiger partial charge in [0, 0.05) is 11.4 Å². The van der Waals surface area contributed by atoms with Crippen LogP contribution in [0.25, 0.3) is 11.1 Å². The van der Waals surface area contributed by atoms with Crippen LogP contribution < -0.4 is 10.2 Å². The van der Waals surface area contributed by atoms with E-state index in [2.05, 4.69) is 5.32 Å². The summed E-state index contributed by atoms with van der Waals surface area (Å²) in [6.45, 7) is 6.00. The van der Waals surface area contributed by atoms with Crippen molar-refractivity contribution >= 4 is 34.4 Å². The lowest BCUT2D eigenvalue weighted by Crippen LogP contribution is -2.28. The Bertz CT molecular complexity index is 1550. The van der Waals surface area contributed by atoms with Gasteiger partial charge >= 0.3 is 5.97 Å². The van der Waals surface area contributed by atoms with Crippen molar-refractivity contribution in [3.8, 4) is 0 Å². The molecule has 0 fully saturated rings. The molecule has 39 heavy (non-hydrogen) atoms. The van der Waals surface area contributed by atoms with E-state index in [1.165, 1.54) is 0 Å². The van der Waals surface area contributed by atoms with Crippen LogP contribution in [0.15, 0.2) is 121 Å². The summed E-state index contributed by atoms with van der Waals surface area (Å²) in [6, 6.07) is 34.6. The molecule has 1 N–H and O–H groups in total. The van der Waals surface area contributed by atoms with E-state index in [0.717, 1.165) is 22.4 Å². The lowest BCUT2D eigenvalue weighted by molar-refractivity contribution is -0.136. The number of nitrogens with zero attached hydrogens (tertiary/aromatic N) is 1. The minimum Gasteiger partial charge on any atom is -0.462 e. The molecule has 0 bridgehead atoms. The molecule has 4 aromatic rings. The molecule has 0 unspecified atom stereocenters. The zero-order valence-corrected chi connectivity index (χ0v) is 22.3. The van der Waals surface area contributed by atoms with Gasteiger partial charge < -0.3 is 10.1 Å². The van der Waals surface area contributed by atoms with Gasteiger partial charge in [-0.05, 0) is 56.2 Å². The summed E-state index contributed by atoms with van der Waals surface area (Å²) in [5, 5.41) is 3.51. The molecule has 0 radical (unpaired) electrons. The maximum absolute atomic E-state index is 14.4. The molecule has 194 valence electrons. The van der Waals surface area contributed by atoms with E-state index in [1.807, 2.05) is 123 Å². The second kappa shape index (κ2) is 11.2. The van der Waals surface area contributed by atoms with Gasteiger partial charge in [0.2, 0.25) is 0 Å². The Labute approximate surface area is 229 Å². The molecule has 0 saturated carbocycles. The Hall–Kier alpha value is -4.90. The summed E-state index contributed by atoms with van der Waals surface area (Å²) < 4.78 is 5.58. The summed E-state index contributed by atoms with van der Waals surface area (Å²) in [5.41, 5.74) is 6.84. The predicted molar refractivity (Wildman–Crippen MR) is 157 cm³/mol. The number of hydrogen-bond acceptors (Lipinski definition) is 4. The summed E-state index contributed by atoms with van der Waals surface area (Å²) in [5.74, 6) is -0.728. The Morgan fingerprint density at radius 3 is 1.92 bits per heavy atom. The average molecular weight is 515 g/mol. The number of ether oxygens (including phenoxy) is 1. The first kappa shape index (κ1) is 25.7. The Balaban J connectivity index is 1.86. The van der Waals surface area contributed by atoms with E-state index >= 15 is 0 Å². The van der Waals surface area contributed by atoms with E-state index in [-0.39, 0.29) is 12.5 Å². The fourth-order valence-electron chi connectivity index (χ4n) is 4.66. The number of anilines is 2. The monoisotopic (exact) mass is 514 g/mol. The first-order chi connectivity index (χ1) is 19.0. The molecule has 0 saturated heterocycles. The standard InChI is InChI=1S/C34H30N2O3/c1-4-39-34(38)30(26-13-9-6-10-14-26)32-31(35-27-19-15-23(2)16-20-27)29(25-11-7-5-8-12-25)33(37)36(32)28-21-17-24(3)18-22-28/h5-22,35H,4H2,1-3H3/b32-30-. The number of hydrogen-bond donors (Lipinski definition) is 1. The normalized spacial score (nSPS) is 14.4. The SMILES string of the molecule is CCOC(=O)/C(=C1/C(Nc2ccc(C)cc2)=C(c2ccccc2)C(=O)N1c1ccc(C)cc1)c1ccccc1. The number of aryl methyl sites for hydroxylation is 2. The van der Waals surface area contributed by atoms with Crippen molar-refractivity contribution in [1.29, 1.82) is 0 Å². The fraction of sp³-hybridized carbons (Fsp3) is 0.118. The largest absolute Gasteiger partial charge is 0.462 e. The van der Waals surface area contributed by atoms with E-state index in [4.69, 9.17) is 4.74 Å². The van der Waals surface area contributed by atoms with Crippen molar-refractivity contribution < 1.29 is 14.3 Å². The Kier molecular flexibility index (Phi) is 7.41. The minimum atomic E-state index is -0.499. The zero-order valence-electron chi connectivity index (χ0n) is 22.3. The molecule has 0 aliphatic carbocycles. The average Bonchev–Trinajstić information content (AvgIpc) is 3.22. The molecular formula is C34H30N2O3. The summed E-state index contributed by atoms with van der Waals surface area (Å²) in [4.78, 5) is 29.7. The maximum Gasteiger partial charge on any atom is 0.340 e. The smallest absolute Gasteiger partial charge is 0.340 e. The molecular weight excluding hydrogens is 484 g/mol. The molecule has 1 aliphatic heterocycles. The van der Waals surface area contributed by atoms with Gasteiger partial charge in [-0.15, -0.1) is 0 Å². The lowest BCUT2D eigenvalue weighted by atomic mass is 9.99. The van der Waals surface area contributed by atoms with Crippen LogP contribution in [0.3, 0.4) is 0 Å². The number of amides is 1. The fourth-order valence-corrected chi connectivity index (χ4v) is 4.66. The van der Waals surface area contributed by atoms with Gasteiger partial charge in [-0.3, -0.25) is 9.69 Å². The van der Waals surface area contributed by atoms with Crippen LogP contribution in [0.4, 0.5) is 11.4 Å². The molecule has 1 aliphatic rings. The third-order valence-corrected chi connectivity index (χ3v) is 6.58. The lowest BCUT2D eigenvalue weighted by Gasteiger charge is -2.24. The minimum absolute atomic E-state index is 0.205. The molecule has 0 aromatic heterocycles. The van der Waals surface area contributed by atoms with Gasteiger partial charge in [-0.2, -0.15) is 0 Å². The van der Waals surface area contributed by atoms with Crippen LogP contribution in [0.1, 0.15) is 29.2 Å². The van der Waals surface area contributed by atoms with Crippen LogP contribution in [0.2, 0.25) is 0 Å². The van der Waals surface area contributed by atoms with Gasteiger partial charge in [0.25, 0.3) is 5.91 Å². The van der Waals surface area contributed by atoms with Gasteiger partial charge in [-0.25, -0.2) is 4.79 Å². The van der Waals surface area contributed by atoms with Crippen molar-refractivity contribution in [1.82, 2.24) is 0 Å². The third kappa shape index (κ3) is 5.25. The first-order valence-electron chi connectivity index (χ1n) is 13.0. The highest BCUT2D eigenvalue weighted by Crippen LogP contribution is 2.43. The molecule has 5 nitrogen and oxygen atoms in total. The van der Waals surface area contributed by atoms with Crippen molar-refractivity contribution in [3.05, 3.63) is 143 Å². The number of carbonyl (C=O) groups excluding carboxylic acids is 2. The quantitative estimate of drug-likeness (QED) is 0.210. The highest BCUT2D eigenvalue weighted by Gasteiger charge is 2.41. The molecule has 4 aromatic carbocycles. The Morgan fingerprint density at radius 2 is 1.33 bits per heavy atom. The van der Waals surface area contributed by atoms with Crippen LogP contribution in [0, 0.1) is 13.8 Å². The van der Waals surface area contributed by atoms with E-state index < -0.39 is 5.97 Å². The molecule has 0 atom stereocenters. The van der Waals surface area contributed by atoms with Gasteiger partial charge in [0.05, 0.1) is 29.1 Å². The highest BCUT2D eigenvalue weighted by molar-refractivity contribution is 6.36. The predicted octanol–water partition coefficient (Wildman–Crippen LogP) is 7.15. The molecule has 1 heterocycles. The highest BCUT2D eigenvalue weighted by atomic mass is 16.5. The first-order valence-corrected chi connectivity index (χ1v) is 13.0. The van der Waals surface area contributed by atoms with Crippen molar-refractivity contribution in [2.75, 3.05) is 16.8 Å². The zero-order chi connectivity index (χ0) is 27.4. The number of benzene rings is 4. The van der Waals surface area contributed by atoms with Crippen LogP contribution >= 0.6 is 0 Å².